The van der Waals surface area contributed by atoms with Gasteiger partial charge in [0, 0.05) is 24.2 Å². The Kier molecular flexibility index (Phi) is 5.40. The van der Waals surface area contributed by atoms with E-state index in [0.717, 1.165) is 44.5 Å². The normalized spacial score (nSPS) is 17.3. The van der Waals surface area contributed by atoms with Gasteiger partial charge in [-0.2, -0.15) is 0 Å². The fraction of sp³-hybridized carbons (Fsp3) is 0.321. The fourth-order valence-corrected chi connectivity index (χ4v) is 5.40. The van der Waals surface area contributed by atoms with Gasteiger partial charge in [0.05, 0.1) is 59.0 Å². The summed E-state index contributed by atoms with van der Waals surface area (Å²) in [6, 6.07) is 18.9. The summed E-state index contributed by atoms with van der Waals surface area (Å²) in [5, 5.41) is 23.9. The molecule has 3 aromatic heterocycles. The highest BCUT2D eigenvalue weighted by molar-refractivity contribution is 6.07. The molecular weight excluding hydrogens is 452 g/mol. The zero-order chi connectivity index (χ0) is 25.0. The number of fused-ring (bicyclic) bond motifs is 3. The first kappa shape index (κ1) is 22.8. The van der Waals surface area contributed by atoms with Gasteiger partial charge >= 0.3 is 0 Å². The van der Waals surface area contributed by atoms with Gasteiger partial charge in [0.1, 0.15) is 0 Å². The third kappa shape index (κ3) is 3.69. The minimum Gasteiger partial charge on any atom is -0.386 e. The number of pyridine rings is 1. The number of aliphatic hydroxyl groups is 1. The minimum absolute atomic E-state index is 0.0476. The van der Waals surface area contributed by atoms with Crippen LogP contribution in [0.15, 0.2) is 60.8 Å². The summed E-state index contributed by atoms with van der Waals surface area (Å²) in [5.41, 5.74) is 6.78. The molecule has 8 nitrogen and oxygen atoms in total. The summed E-state index contributed by atoms with van der Waals surface area (Å²) < 4.78 is 9.92. The molecule has 4 heterocycles. The van der Waals surface area contributed by atoms with Crippen molar-refractivity contribution in [2.45, 2.75) is 38.5 Å². The second-order valence-corrected chi connectivity index (χ2v) is 10.1. The van der Waals surface area contributed by atoms with Gasteiger partial charge in [-0.15, -0.1) is 5.10 Å². The van der Waals surface area contributed by atoms with Crippen LogP contribution in [0.1, 0.15) is 36.7 Å². The van der Waals surface area contributed by atoms with Crippen molar-refractivity contribution < 1.29 is 9.84 Å². The van der Waals surface area contributed by atoms with E-state index >= 15 is 0 Å². The van der Waals surface area contributed by atoms with Crippen LogP contribution in [0.5, 0.6) is 0 Å². The molecule has 2 atom stereocenters. The number of aryl methyl sites for hydroxylation is 2. The highest BCUT2D eigenvalue weighted by Crippen LogP contribution is 2.38. The molecule has 1 fully saturated rings. The SMILES string of the molecule is Cc1nnn(C)c1-c1cnc2c3ccc(C(C)(C)O)cc3n([C@@H](c3ccccc3)C3COCN3)c2c1. The third-order valence-electron chi connectivity index (χ3n) is 7.16. The highest BCUT2D eigenvalue weighted by Gasteiger charge is 2.32. The van der Waals surface area contributed by atoms with Gasteiger partial charge in [0.2, 0.25) is 0 Å². The van der Waals surface area contributed by atoms with E-state index in [4.69, 9.17) is 9.72 Å². The fourth-order valence-electron chi connectivity index (χ4n) is 5.40. The minimum atomic E-state index is -0.970. The first-order valence-corrected chi connectivity index (χ1v) is 12.2. The number of nitrogens with one attached hydrogen (secondary N) is 1. The van der Waals surface area contributed by atoms with E-state index < -0.39 is 5.60 Å². The Morgan fingerprint density at radius 1 is 1.11 bits per heavy atom. The maximum atomic E-state index is 10.8. The number of benzene rings is 2. The van der Waals surface area contributed by atoms with Gasteiger partial charge in [-0.3, -0.25) is 10.3 Å². The number of ether oxygens (including phenoxy) is 1. The summed E-state index contributed by atoms with van der Waals surface area (Å²) in [5.74, 6) is 0. The molecule has 5 aromatic rings. The van der Waals surface area contributed by atoms with Crippen LogP contribution in [0, 0.1) is 6.92 Å². The molecule has 36 heavy (non-hydrogen) atoms. The van der Waals surface area contributed by atoms with E-state index in [0.29, 0.717) is 13.3 Å². The molecule has 0 radical (unpaired) electrons. The lowest BCUT2D eigenvalue weighted by Gasteiger charge is -2.27. The van der Waals surface area contributed by atoms with Crippen molar-refractivity contribution in [2.75, 3.05) is 13.3 Å². The van der Waals surface area contributed by atoms with Crippen LogP contribution < -0.4 is 5.32 Å². The molecule has 184 valence electrons. The molecule has 0 amide bonds. The van der Waals surface area contributed by atoms with Crippen LogP contribution in [0.2, 0.25) is 0 Å². The number of aromatic nitrogens is 5. The molecule has 6 rings (SSSR count). The van der Waals surface area contributed by atoms with Crippen LogP contribution in [-0.2, 0) is 17.4 Å². The lowest BCUT2D eigenvalue weighted by atomic mass is 9.96. The van der Waals surface area contributed by atoms with Crippen LogP contribution >= 0.6 is 0 Å². The van der Waals surface area contributed by atoms with E-state index in [9.17, 15) is 5.11 Å². The Hall–Kier alpha value is -3.59. The zero-order valence-electron chi connectivity index (χ0n) is 20.9. The van der Waals surface area contributed by atoms with Gasteiger partial charge in [-0.25, -0.2) is 4.68 Å². The molecule has 2 aromatic carbocycles. The van der Waals surface area contributed by atoms with Gasteiger partial charge in [-0.1, -0.05) is 47.7 Å². The maximum absolute atomic E-state index is 10.8. The summed E-state index contributed by atoms with van der Waals surface area (Å²) in [6.45, 7) is 6.71. The number of hydrogen-bond donors (Lipinski definition) is 2. The van der Waals surface area contributed by atoms with Crippen LogP contribution in [0.25, 0.3) is 33.2 Å². The molecule has 1 aliphatic heterocycles. The van der Waals surface area contributed by atoms with Crippen LogP contribution in [0.4, 0.5) is 0 Å². The van der Waals surface area contributed by atoms with Gasteiger partial charge < -0.3 is 14.4 Å². The second-order valence-electron chi connectivity index (χ2n) is 10.1. The maximum Gasteiger partial charge on any atom is 0.0969 e. The predicted octanol–water partition coefficient (Wildman–Crippen LogP) is 4.06. The Bertz CT molecular complexity index is 1540. The average Bonchev–Trinajstić information content (AvgIpc) is 3.58. The molecule has 8 heteroatoms. The lowest BCUT2D eigenvalue weighted by Crippen LogP contribution is -2.35. The summed E-state index contributed by atoms with van der Waals surface area (Å²) in [7, 11) is 1.90. The molecular formula is C28H30N6O2. The largest absolute Gasteiger partial charge is 0.386 e. The highest BCUT2D eigenvalue weighted by atomic mass is 16.5. The first-order valence-electron chi connectivity index (χ1n) is 12.2. The van der Waals surface area contributed by atoms with Crippen molar-refractivity contribution in [1.29, 1.82) is 0 Å². The molecule has 0 aliphatic carbocycles. The second kappa shape index (κ2) is 8.51. The molecule has 1 unspecified atom stereocenters. The average molecular weight is 483 g/mol. The van der Waals surface area contributed by atoms with Gasteiger partial charge in [0.15, 0.2) is 0 Å². The van der Waals surface area contributed by atoms with Crippen molar-refractivity contribution >= 4 is 21.9 Å². The summed E-state index contributed by atoms with van der Waals surface area (Å²) in [4.78, 5) is 4.96. The van der Waals surface area contributed by atoms with Gasteiger partial charge in [0.25, 0.3) is 0 Å². The van der Waals surface area contributed by atoms with Crippen molar-refractivity contribution in [3.05, 3.63) is 77.6 Å². The standard InChI is InChI=1S/C28H30N6O2/c1-17-26(33(4)32-31-17)19-12-24-25(29-14-19)21-11-10-20(28(2,3)35)13-23(21)34(24)27(22-15-36-16-30-22)18-8-6-5-7-9-18/h5-14,22,27,30,35H,15-16H2,1-4H3/t22?,27-/m0/s1. The van der Waals surface area contributed by atoms with E-state index in [1.54, 1.807) is 4.68 Å². The quantitative estimate of drug-likeness (QED) is 0.393. The van der Waals surface area contributed by atoms with E-state index in [1.165, 1.54) is 5.56 Å². The Balaban J connectivity index is 1.70. The molecule has 0 bridgehead atoms. The van der Waals surface area contributed by atoms with Crippen molar-refractivity contribution in [3.63, 3.8) is 0 Å². The molecule has 0 spiro atoms. The molecule has 1 aliphatic rings. The number of nitrogens with zero attached hydrogens (tertiary/aromatic N) is 5. The van der Waals surface area contributed by atoms with Crippen LogP contribution in [-0.4, -0.2) is 49.0 Å². The lowest BCUT2D eigenvalue weighted by molar-refractivity contribution is 0.0787. The smallest absolute Gasteiger partial charge is 0.0969 e. The van der Waals surface area contributed by atoms with E-state index in [-0.39, 0.29) is 12.1 Å². The van der Waals surface area contributed by atoms with Crippen molar-refractivity contribution in [3.8, 4) is 11.3 Å². The number of hydrogen-bond acceptors (Lipinski definition) is 6. The topological polar surface area (TPSA) is 90.0 Å². The first-order chi connectivity index (χ1) is 17.3. The monoisotopic (exact) mass is 482 g/mol. The van der Waals surface area contributed by atoms with Crippen LogP contribution in [0.3, 0.4) is 0 Å². The molecule has 1 saturated heterocycles. The third-order valence-corrected chi connectivity index (χ3v) is 7.16. The van der Waals surface area contributed by atoms with Gasteiger partial charge in [-0.05, 0) is 44.0 Å². The van der Waals surface area contributed by atoms with E-state index in [2.05, 4.69) is 62.7 Å². The zero-order valence-corrected chi connectivity index (χ0v) is 20.9. The molecule has 2 N–H and O–H groups in total. The van der Waals surface area contributed by atoms with Crippen molar-refractivity contribution in [1.82, 2.24) is 29.9 Å². The summed E-state index contributed by atoms with van der Waals surface area (Å²) in [6.07, 6.45) is 1.90. The molecule has 0 saturated carbocycles. The predicted molar refractivity (Wildman–Crippen MR) is 140 cm³/mol. The number of rotatable bonds is 5. The summed E-state index contributed by atoms with van der Waals surface area (Å²) >= 11 is 0. The Labute approximate surface area is 209 Å². The Morgan fingerprint density at radius 3 is 2.58 bits per heavy atom. The Morgan fingerprint density at radius 2 is 1.92 bits per heavy atom. The van der Waals surface area contributed by atoms with Crippen molar-refractivity contribution in [2.24, 2.45) is 7.05 Å². The van der Waals surface area contributed by atoms with E-state index in [1.807, 2.05) is 46.1 Å².